The van der Waals surface area contributed by atoms with Crippen molar-refractivity contribution in [3.8, 4) is 0 Å². The van der Waals surface area contributed by atoms with Crippen molar-refractivity contribution in [2.45, 2.75) is 13.0 Å². The molecule has 0 bridgehead atoms. The number of hydrogen-bond acceptors (Lipinski definition) is 5. The molecule has 1 heterocycles. The largest absolute Gasteiger partial charge is 0.421 e. The second kappa shape index (κ2) is 4.47. The molecule has 1 unspecified atom stereocenters. The summed E-state index contributed by atoms with van der Waals surface area (Å²) in [4.78, 5) is 11.5. The summed E-state index contributed by atoms with van der Waals surface area (Å²) in [6.07, 6.45) is -0.527. The van der Waals surface area contributed by atoms with Crippen molar-refractivity contribution in [1.29, 1.82) is 0 Å². The first-order valence-corrected chi connectivity index (χ1v) is 5.33. The topological polar surface area (TPSA) is 88.5 Å². The summed E-state index contributed by atoms with van der Waals surface area (Å²) in [5, 5.41) is 12.9. The first-order chi connectivity index (χ1) is 8.09. The van der Waals surface area contributed by atoms with E-state index in [0.29, 0.717) is 17.8 Å². The number of para-hydroxylation sites is 1. The van der Waals surface area contributed by atoms with Gasteiger partial charge in [0, 0.05) is 11.9 Å². The van der Waals surface area contributed by atoms with Gasteiger partial charge >= 0.3 is 5.63 Å². The van der Waals surface area contributed by atoms with E-state index < -0.39 is 11.7 Å². The highest BCUT2D eigenvalue weighted by Crippen LogP contribution is 2.26. The summed E-state index contributed by atoms with van der Waals surface area (Å²) < 4.78 is 5.06. The van der Waals surface area contributed by atoms with Gasteiger partial charge in [0.05, 0.1) is 11.8 Å². The minimum atomic E-state index is -0.572. The van der Waals surface area contributed by atoms with Gasteiger partial charge in [0.1, 0.15) is 11.3 Å². The van der Waals surface area contributed by atoms with Crippen LogP contribution in [0.4, 0.5) is 11.4 Å². The molecule has 2 rings (SSSR count). The molecular formula is C12H14N2O3. The Morgan fingerprint density at radius 2 is 2.18 bits per heavy atom. The van der Waals surface area contributed by atoms with Gasteiger partial charge in [-0.25, -0.2) is 4.79 Å². The van der Waals surface area contributed by atoms with Crippen molar-refractivity contribution >= 4 is 22.3 Å². The van der Waals surface area contributed by atoms with Gasteiger partial charge in [-0.1, -0.05) is 12.1 Å². The summed E-state index contributed by atoms with van der Waals surface area (Å²) in [5.74, 6) is 0. The number of nitrogens with two attached hydrogens (primary N) is 1. The number of fused-ring (bicyclic) bond motifs is 1. The van der Waals surface area contributed by atoms with Gasteiger partial charge in [-0.15, -0.1) is 0 Å². The zero-order valence-corrected chi connectivity index (χ0v) is 9.43. The van der Waals surface area contributed by atoms with Gasteiger partial charge in [0.2, 0.25) is 0 Å². The molecule has 17 heavy (non-hydrogen) atoms. The lowest BCUT2D eigenvalue weighted by Gasteiger charge is -2.12. The molecule has 0 fully saturated rings. The van der Waals surface area contributed by atoms with Gasteiger partial charge in [-0.3, -0.25) is 0 Å². The van der Waals surface area contributed by atoms with Crippen LogP contribution < -0.4 is 16.7 Å². The predicted molar refractivity (Wildman–Crippen MR) is 67.1 cm³/mol. The highest BCUT2D eigenvalue weighted by atomic mass is 16.4. The molecule has 1 aromatic heterocycles. The molecule has 90 valence electrons. The summed E-state index contributed by atoms with van der Waals surface area (Å²) in [7, 11) is 0. The normalized spacial score (nSPS) is 12.6. The Labute approximate surface area is 97.9 Å². The standard InChI is InChI=1S/C12H14N2O3/c1-7(15)6-14-11-8-4-2-3-5-9(8)17-12(16)10(11)13/h2-5,7,14-15H,6,13H2,1H3. The van der Waals surface area contributed by atoms with E-state index in [4.69, 9.17) is 10.2 Å². The fourth-order valence-corrected chi connectivity index (χ4v) is 1.60. The lowest BCUT2D eigenvalue weighted by atomic mass is 10.2. The maximum absolute atomic E-state index is 11.5. The maximum atomic E-state index is 11.5. The highest BCUT2D eigenvalue weighted by Gasteiger charge is 2.11. The SMILES string of the molecule is CC(O)CNc1c(N)c(=O)oc2ccccc12. The Balaban J connectivity index is 2.57. The summed E-state index contributed by atoms with van der Waals surface area (Å²) in [6, 6.07) is 7.11. The van der Waals surface area contributed by atoms with Crippen LogP contribution in [-0.2, 0) is 0 Å². The van der Waals surface area contributed by atoms with E-state index in [-0.39, 0.29) is 5.69 Å². The molecule has 0 aliphatic carbocycles. The first-order valence-electron chi connectivity index (χ1n) is 5.33. The van der Waals surface area contributed by atoms with E-state index in [1.807, 2.05) is 6.07 Å². The molecule has 0 saturated heterocycles. The molecule has 5 heteroatoms. The van der Waals surface area contributed by atoms with Crippen LogP contribution in [0.1, 0.15) is 6.92 Å². The van der Waals surface area contributed by atoms with Crippen LogP contribution in [0.5, 0.6) is 0 Å². The summed E-state index contributed by atoms with van der Waals surface area (Å²) in [6.45, 7) is 1.97. The van der Waals surface area contributed by atoms with Gasteiger partial charge < -0.3 is 20.6 Å². The van der Waals surface area contributed by atoms with Crippen molar-refractivity contribution in [1.82, 2.24) is 0 Å². The van der Waals surface area contributed by atoms with Crippen molar-refractivity contribution < 1.29 is 9.52 Å². The number of rotatable bonds is 3. The number of aliphatic hydroxyl groups is 1. The Morgan fingerprint density at radius 3 is 2.88 bits per heavy atom. The van der Waals surface area contributed by atoms with Crippen LogP contribution in [-0.4, -0.2) is 17.8 Å². The Hall–Kier alpha value is -2.01. The Morgan fingerprint density at radius 1 is 1.47 bits per heavy atom. The van der Waals surface area contributed by atoms with E-state index in [1.165, 1.54) is 0 Å². The van der Waals surface area contributed by atoms with Gasteiger partial charge in [-0.2, -0.15) is 0 Å². The Kier molecular flexibility index (Phi) is 3.01. The van der Waals surface area contributed by atoms with E-state index in [9.17, 15) is 9.90 Å². The second-order valence-corrected chi connectivity index (χ2v) is 3.90. The third kappa shape index (κ3) is 2.24. The number of hydrogen-bond donors (Lipinski definition) is 3. The minimum absolute atomic E-state index is 0.0318. The predicted octanol–water partition coefficient (Wildman–Crippen LogP) is 1.17. The summed E-state index contributed by atoms with van der Waals surface area (Å²) >= 11 is 0. The van der Waals surface area contributed by atoms with E-state index in [2.05, 4.69) is 5.32 Å². The number of nitrogen functional groups attached to an aromatic ring is 1. The van der Waals surface area contributed by atoms with Crippen molar-refractivity contribution in [3.05, 3.63) is 34.7 Å². The lowest BCUT2D eigenvalue weighted by Crippen LogP contribution is -2.19. The quantitative estimate of drug-likeness (QED) is 0.694. The van der Waals surface area contributed by atoms with Gasteiger partial charge in [0.15, 0.2) is 0 Å². The zero-order chi connectivity index (χ0) is 12.4. The number of aliphatic hydroxyl groups excluding tert-OH is 1. The van der Waals surface area contributed by atoms with Crippen molar-refractivity contribution in [2.75, 3.05) is 17.6 Å². The van der Waals surface area contributed by atoms with Crippen molar-refractivity contribution in [2.24, 2.45) is 0 Å². The van der Waals surface area contributed by atoms with Crippen molar-refractivity contribution in [3.63, 3.8) is 0 Å². The average Bonchev–Trinajstić information content (AvgIpc) is 2.29. The molecular weight excluding hydrogens is 220 g/mol. The number of anilines is 2. The molecule has 2 aromatic rings. The van der Waals surface area contributed by atoms with Crippen LogP contribution >= 0.6 is 0 Å². The van der Waals surface area contributed by atoms with Gasteiger partial charge in [0.25, 0.3) is 0 Å². The van der Waals surface area contributed by atoms with E-state index in [1.54, 1.807) is 25.1 Å². The molecule has 1 atom stereocenters. The highest BCUT2D eigenvalue weighted by molar-refractivity contribution is 5.95. The average molecular weight is 234 g/mol. The fourth-order valence-electron chi connectivity index (χ4n) is 1.60. The van der Waals surface area contributed by atoms with E-state index >= 15 is 0 Å². The van der Waals surface area contributed by atoms with Crippen LogP contribution in [0, 0.1) is 0 Å². The molecule has 0 amide bonds. The van der Waals surface area contributed by atoms with Crippen LogP contribution in [0.15, 0.2) is 33.5 Å². The maximum Gasteiger partial charge on any atom is 0.361 e. The molecule has 1 aromatic carbocycles. The zero-order valence-electron chi connectivity index (χ0n) is 9.43. The molecule has 5 nitrogen and oxygen atoms in total. The molecule has 0 aliphatic heterocycles. The first kappa shape index (κ1) is 11.5. The fraction of sp³-hybridized carbons (Fsp3) is 0.250. The second-order valence-electron chi connectivity index (χ2n) is 3.90. The molecule has 0 aliphatic rings. The Bertz CT molecular complexity index is 590. The summed E-state index contributed by atoms with van der Waals surface area (Å²) in [5.41, 5.74) is 6.13. The molecule has 0 radical (unpaired) electrons. The monoisotopic (exact) mass is 234 g/mol. The lowest BCUT2D eigenvalue weighted by molar-refractivity contribution is 0.208. The van der Waals surface area contributed by atoms with Crippen LogP contribution in [0.25, 0.3) is 11.0 Å². The third-order valence-corrected chi connectivity index (χ3v) is 2.42. The minimum Gasteiger partial charge on any atom is -0.421 e. The van der Waals surface area contributed by atoms with E-state index in [0.717, 1.165) is 5.39 Å². The number of benzene rings is 1. The smallest absolute Gasteiger partial charge is 0.361 e. The van der Waals surface area contributed by atoms with Gasteiger partial charge in [-0.05, 0) is 19.1 Å². The third-order valence-electron chi connectivity index (χ3n) is 2.42. The molecule has 0 spiro atoms. The number of nitrogens with one attached hydrogen (secondary N) is 1. The molecule has 4 N–H and O–H groups in total. The molecule has 0 saturated carbocycles. The van der Waals surface area contributed by atoms with Crippen LogP contribution in [0.2, 0.25) is 0 Å². The van der Waals surface area contributed by atoms with Crippen LogP contribution in [0.3, 0.4) is 0 Å².